The van der Waals surface area contributed by atoms with Gasteiger partial charge in [0, 0.05) is 37.6 Å². The number of benzene rings is 1. The highest BCUT2D eigenvalue weighted by atomic mass is 35.5. The van der Waals surface area contributed by atoms with Crippen molar-refractivity contribution in [2.24, 2.45) is 0 Å². The number of ether oxygens (including phenoxy) is 1. The van der Waals surface area contributed by atoms with Crippen LogP contribution in [0.15, 0.2) is 24.3 Å². The van der Waals surface area contributed by atoms with Crippen molar-refractivity contribution in [2.45, 2.75) is 18.6 Å². The fraction of sp³-hybridized carbons (Fsp3) is 0.533. The van der Waals surface area contributed by atoms with E-state index in [1.54, 1.807) is 0 Å². The zero-order valence-corrected chi connectivity index (χ0v) is 14.1. The van der Waals surface area contributed by atoms with E-state index in [-0.39, 0.29) is 36.0 Å². The third kappa shape index (κ3) is 4.12. The second-order valence-electron chi connectivity index (χ2n) is 5.57. The van der Waals surface area contributed by atoms with E-state index in [4.69, 9.17) is 16.3 Å². The monoisotopic (exact) mass is 348 g/mol. The van der Waals surface area contributed by atoms with Crippen molar-refractivity contribution < 1.29 is 15.0 Å². The lowest BCUT2D eigenvalue weighted by molar-refractivity contribution is -0.145. The van der Waals surface area contributed by atoms with E-state index < -0.39 is 0 Å². The molecule has 0 saturated carbocycles. The summed E-state index contributed by atoms with van der Waals surface area (Å²) in [7, 11) is 2.11. The van der Waals surface area contributed by atoms with Crippen LogP contribution in [0.25, 0.3) is 0 Å². The molecule has 7 heteroatoms. The third-order valence-electron chi connectivity index (χ3n) is 4.19. The zero-order valence-electron chi connectivity index (χ0n) is 12.5. The number of cyclic esters (lactones) is 1. The maximum atomic E-state index is 12.1. The summed E-state index contributed by atoms with van der Waals surface area (Å²) in [5.74, 6) is -0.0884. The summed E-state index contributed by atoms with van der Waals surface area (Å²) in [5.41, 5.74) is 1.03. The first-order valence-electron chi connectivity index (χ1n) is 7.02. The van der Waals surface area contributed by atoms with Gasteiger partial charge >= 0.3 is 5.97 Å². The minimum absolute atomic E-state index is 0. The molecule has 0 spiro atoms. The minimum Gasteiger partial charge on any atom is -0.456 e. The van der Waals surface area contributed by atoms with Gasteiger partial charge in [0.05, 0.1) is 0 Å². The first kappa shape index (κ1) is 19.2. The van der Waals surface area contributed by atoms with Crippen LogP contribution >= 0.6 is 24.0 Å². The number of carbonyl (C=O) groups is 1. The predicted molar refractivity (Wildman–Crippen MR) is 88.6 cm³/mol. The number of piperazine rings is 1. The lowest BCUT2D eigenvalue weighted by Gasteiger charge is -2.34. The molecule has 5 nitrogen and oxygen atoms in total. The lowest BCUT2D eigenvalue weighted by atomic mass is 10.0. The molecule has 2 unspecified atom stereocenters. The quantitative estimate of drug-likeness (QED) is 0.760. The normalized spacial score (nSPS) is 26.0. The van der Waals surface area contributed by atoms with Crippen molar-refractivity contribution in [3.05, 3.63) is 34.9 Å². The summed E-state index contributed by atoms with van der Waals surface area (Å²) in [6.07, 6.45) is 0.605. The molecule has 124 valence electrons. The van der Waals surface area contributed by atoms with Gasteiger partial charge in [-0.15, -0.1) is 12.4 Å². The lowest BCUT2D eigenvalue weighted by Crippen LogP contribution is -2.50. The summed E-state index contributed by atoms with van der Waals surface area (Å²) in [6, 6.07) is 7.46. The molecule has 22 heavy (non-hydrogen) atoms. The Labute approximate surface area is 141 Å². The van der Waals surface area contributed by atoms with Crippen molar-refractivity contribution >= 4 is 30.0 Å². The number of halogens is 2. The Balaban J connectivity index is 0.00000121. The molecule has 0 amide bonds. The van der Waals surface area contributed by atoms with Crippen molar-refractivity contribution in [3.8, 4) is 0 Å². The smallest absolute Gasteiger partial charge is 0.324 e. The standard InChI is InChI=1S/C15H19ClN2O2.ClH.H2O/c1-17-6-8-18(9-7-17)13-10-14(20-15(13)19)11-2-4-12(16)5-3-11;;/h2-5,13-14H,6-10H2,1H3;1H;1H2. The molecule has 2 atom stereocenters. The Kier molecular flexibility index (Phi) is 7.09. The van der Waals surface area contributed by atoms with Crippen LogP contribution in [-0.2, 0) is 9.53 Å². The molecule has 3 rings (SSSR count). The predicted octanol–water partition coefficient (Wildman–Crippen LogP) is 1.54. The summed E-state index contributed by atoms with van der Waals surface area (Å²) in [4.78, 5) is 16.6. The maximum absolute atomic E-state index is 12.1. The van der Waals surface area contributed by atoms with Crippen LogP contribution in [0.2, 0.25) is 5.02 Å². The average molecular weight is 349 g/mol. The number of rotatable bonds is 2. The van der Waals surface area contributed by atoms with E-state index in [0.29, 0.717) is 5.02 Å². The van der Waals surface area contributed by atoms with Crippen LogP contribution in [0.3, 0.4) is 0 Å². The van der Waals surface area contributed by atoms with Gasteiger partial charge in [-0.3, -0.25) is 9.69 Å². The van der Waals surface area contributed by atoms with Gasteiger partial charge in [0.15, 0.2) is 0 Å². The first-order valence-corrected chi connectivity index (χ1v) is 7.40. The highest BCUT2D eigenvalue weighted by Gasteiger charge is 2.39. The number of nitrogens with zero attached hydrogens (tertiary/aromatic N) is 2. The Morgan fingerprint density at radius 1 is 1.14 bits per heavy atom. The second kappa shape index (κ2) is 8.13. The first-order chi connectivity index (χ1) is 9.63. The van der Waals surface area contributed by atoms with Gasteiger partial charge in [0.2, 0.25) is 0 Å². The number of carbonyl (C=O) groups excluding carboxylic acids is 1. The number of likely N-dealkylation sites (N-methyl/N-ethyl adjacent to an activating group) is 1. The van der Waals surface area contributed by atoms with Gasteiger partial charge in [0.1, 0.15) is 12.1 Å². The van der Waals surface area contributed by atoms with Gasteiger partial charge in [-0.1, -0.05) is 23.7 Å². The molecule has 2 saturated heterocycles. The molecule has 1 aromatic carbocycles. The summed E-state index contributed by atoms with van der Waals surface area (Å²) in [5, 5.41) is 0.702. The van der Waals surface area contributed by atoms with Crippen molar-refractivity contribution in [1.29, 1.82) is 0 Å². The van der Waals surface area contributed by atoms with Crippen LogP contribution in [0.1, 0.15) is 18.1 Å². The van der Waals surface area contributed by atoms with Crippen LogP contribution in [0, 0.1) is 0 Å². The molecule has 2 aliphatic rings. The topological polar surface area (TPSA) is 64.3 Å². The molecule has 1 aromatic rings. The van der Waals surface area contributed by atoms with E-state index in [0.717, 1.165) is 38.2 Å². The largest absolute Gasteiger partial charge is 0.456 e. The van der Waals surface area contributed by atoms with Crippen LogP contribution < -0.4 is 0 Å². The minimum atomic E-state index is -0.135. The Bertz CT molecular complexity index is 490. The average Bonchev–Trinajstić information content (AvgIpc) is 2.82. The van der Waals surface area contributed by atoms with Crippen LogP contribution in [0.4, 0.5) is 0 Å². The SMILES string of the molecule is CN1CCN(C2CC(c3ccc(Cl)cc3)OC2=O)CC1.Cl.O. The maximum Gasteiger partial charge on any atom is 0.324 e. The van der Waals surface area contributed by atoms with Crippen molar-refractivity contribution in [2.75, 3.05) is 33.2 Å². The fourth-order valence-corrected chi connectivity index (χ4v) is 3.01. The van der Waals surface area contributed by atoms with Crippen molar-refractivity contribution in [1.82, 2.24) is 9.80 Å². The van der Waals surface area contributed by atoms with E-state index >= 15 is 0 Å². The summed E-state index contributed by atoms with van der Waals surface area (Å²) >= 11 is 5.89. The molecule has 0 bridgehead atoms. The molecule has 0 aliphatic carbocycles. The van der Waals surface area contributed by atoms with Gasteiger partial charge < -0.3 is 15.1 Å². The Morgan fingerprint density at radius 3 is 2.32 bits per heavy atom. The Morgan fingerprint density at radius 2 is 1.73 bits per heavy atom. The molecule has 0 radical (unpaired) electrons. The van der Waals surface area contributed by atoms with E-state index in [9.17, 15) is 4.79 Å². The highest BCUT2D eigenvalue weighted by molar-refractivity contribution is 6.30. The van der Waals surface area contributed by atoms with Crippen LogP contribution in [-0.4, -0.2) is 60.5 Å². The number of hydrogen-bond donors (Lipinski definition) is 0. The van der Waals surface area contributed by atoms with E-state index in [1.807, 2.05) is 24.3 Å². The molecule has 0 aromatic heterocycles. The summed E-state index contributed by atoms with van der Waals surface area (Å²) < 4.78 is 5.54. The van der Waals surface area contributed by atoms with Gasteiger partial charge in [-0.05, 0) is 24.7 Å². The van der Waals surface area contributed by atoms with Crippen LogP contribution in [0.5, 0.6) is 0 Å². The van der Waals surface area contributed by atoms with Crippen molar-refractivity contribution in [3.63, 3.8) is 0 Å². The molecular weight excluding hydrogens is 327 g/mol. The second-order valence-corrected chi connectivity index (χ2v) is 6.00. The fourth-order valence-electron chi connectivity index (χ4n) is 2.88. The van der Waals surface area contributed by atoms with Gasteiger partial charge in [0.25, 0.3) is 0 Å². The molecule has 2 N–H and O–H groups in total. The highest BCUT2D eigenvalue weighted by Crippen LogP contribution is 2.33. The summed E-state index contributed by atoms with van der Waals surface area (Å²) in [6.45, 7) is 3.89. The molecular formula is C15H22Cl2N2O3. The number of esters is 1. The Hall–Kier alpha value is -0.850. The van der Waals surface area contributed by atoms with Gasteiger partial charge in [-0.25, -0.2) is 0 Å². The van der Waals surface area contributed by atoms with E-state index in [1.165, 1.54) is 0 Å². The zero-order chi connectivity index (χ0) is 14.1. The number of hydrogen-bond acceptors (Lipinski definition) is 4. The third-order valence-corrected chi connectivity index (χ3v) is 4.44. The van der Waals surface area contributed by atoms with E-state index in [2.05, 4.69) is 16.8 Å². The van der Waals surface area contributed by atoms with Gasteiger partial charge in [-0.2, -0.15) is 0 Å². The molecule has 2 fully saturated rings. The molecule has 2 heterocycles. The molecule has 2 aliphatic heterocycles.